The van der Waals surface area contributed by atoms with Crippen molar-refractivity contribution in [3.8, 4) is 0 Å². The Balaban J connectivity index is 2.21. The Kier molecular flexibility index (Phi) is 4.98. The monoisotopic (exact) mass is 374 g/mol. The van der Waals surface area contributed by atoms with Crippen LogP contribution in [-0.4, -0.2) is 19.8 Å². The number of benzene rings is 1. The van der Waals surface area contributed by atoms with Crippen molar-refractivity contribution in [3.05, 3.63) is 51.3 Å². The molecule has 2 N–H and O–H groups in total. The van der Waals surface area contributed by atoms with Crippen LogP contribution < -0.4 is 5.73 Å². The van der Waals surface area contributed by atoms with E-state index in [2.05, 4.69) is 15.9 Å². The van der Waals surface area contributed by atoms with Gasteiger partial charge in [0.15, 0.2) is 0 Å². The predicted molar refractivity (Wildman–Crippen MR) is 85.0 cm³/mol. The SMILES string of the molecule is CN(Cc1cccc(Br)c1)S(=O)(=O)c1ccc(CN)s1. The molecule has 2 aromatic rings. The molecule has 0 spiro atoms. The Morgan fingerprint density at radius 3 is 2.65 bits per heavy atom. The van der Waals surface area contributed by atoms with Gasteiger partial charge in [0.2, 0.25) is 0 Å². The predicted octanol–water partition coefficient (Wildman–Crippen LogP) is 2.79. The standard InChI is InChI=1S/C13H15BrN2O2S2/c1-16(9-10-3-2-4-11(14)7-10)20(17,18)13-6-5-12(8-15)19-13/h2-7H,8-9,15H2,1H3. The number of hydrogen-bond donors (Lipinski definition) is 1. The van der Waals surface area contributed by atoms with Gasteiger partial charge < -0.3 is 5.73 Å². The Morgan fingerprint density at radius 1 is 1.30 bits per heavy atom. The van der Waals surface area contributed by atoms with E-state index >= 15 is 0 Å². The zero-order valence-electron chi connectivity index (χ0n) is 10.9. The molecule has 0 fully saturated rings. The second kappa shape index (κ2) is 6.36. The number of sulfonamides is 1. The zero-order valence-corrected chi connectivity index (χ0v) is 14.1. The second-order valence-electron chi connectivity index (χ2n) is 4.32. The smallest absolute Gasteiger partial charge is 0.252 e. The molecule has 4 nitrogen and oxygen atoms in total. The summed E-state index contributed by atoms with van der Waals surface area (Å²) in [6.07, 6.45) is 0. The molecular formula is C13H15BrN2O2S2. The van der Waals surface area contributed by atoms with E-state index in [-0.39, 0.29) is 0 Å². The number of nitrogens with two attached hydrogens (primary N) is 1. The fourth-order valence-electron chi connectivity index (χ4n) is 1.74. The lowest BCUT2D eigenvalue weighted by atomic mass is 10.2. The molecule has 7 heteroatoms. The van der Waals surface area contributed by atoms with E-state index in [0.717, 1.165) is 14.9 Å². The highest BCUT2D eigenvalue weighted by Gasteiger charge is 2.22. The van der Waals surface area contributed by atoms with Crippen LogP contribution in [0.5, 0.6) is 0 Å². The lowest BCUT2D eigenvalue weighted by Gasteiger charge is -2.16. The van der Waals surface area contributed by atoms with E-state index in [1.165, 1.54) is 15.6 Å². The lowest BCUT2D eigenvalue weighted by molar-refractivity contribution is 0.468. The van der Waals surface area contributed by atoms with Crippen molar-refractivity contribution in [1.29, 1.82) is 0 Å². The molecular weight excluding hydrogens is 360 g/mol. The van der Waals surface area contributed by atoms with Crippen molar-refractivity contribution in [2.24, 2.45) is 5.73 Å². The van der Waals surface area contributed by atoms with Crippen molar-refractivity contribution >= 4 is 37.3 Å². The van der Waals surface area contributed by atoms with Gasteiger partial charge >= 0.3 is 0 Å². The first kappa shape index (κ1) is 15.7. The lowest BCUT2D eigenvalue weighted by Crippen LogP contribution is -2.25. The van der Waals surface area contributed by atoms with E-state index in [1.54, 1.807) is 19.2 Å². The molecule has 0 radical (unpaired) electrons. The van der Waals surface area contributed by atoms with Gasteiger partial charge in [0.05, 0.1) is 0 Å². The maximum Gasteiger partial charge on any atom is 0.252 e. The number of thiophene rings is 1. The van der Waals surface area contributed by atoms with Crippen molar-refractivity contribution in [3.63, 3.8) is 0 Å². The van der Waals surface area contributed by atoms with Crippen molar-refractivity contribution in [2.45, 2.75) is 17.3 Å². The summed E-state index contributed by atoms with van der Waals surface area (Å²) in [6, 6.07) is 11.0. The first-order valence-corrected chi connectivity index (χ1v) is 8.98. The minimum Gasteiger partial charge on any atom is -0.326 e. The molecule has 1 aromatic carbocycles. The van der Waals surface area contributed by atoms with Gasteiger partial charge in [0.1, 0.15) is 4.21 Å². The minimum atomic E-state index is -3.46. The summed E-state index contributed by atoms with van der Waals surface area (Å²) in [5.74, 6) is 0. The summed E-state index contributed by atoms with van der Waals surface area (Å²) < 4.78 is 27.5. The summed E-state index contributed by atoms with van der Waals surface area (Å²) >= 11 is 4.60. The van der Waals surface area contributed by atoms with E-state index < -0.39 is 10.0 Å². The second-order valence-corrected chi connectivity index (χ2v) is 8.67. The number of hydrogen-bond acceptors (Lipinski definition) is 4. The van der Waals surface area contributed by atoms with Crippen LogP contribution in [0.2, 0.25) is 0 Å². The summed E-state index contributed by atoms with van der Waals surface area (Å²) in [7, 11) is -1.88. The van der Waals surface area contributed by atoms with Gasteiger partial charge in [-0.05, 0) is 29.8 Å². The van der Waals surface area contributed by atoms with E-state index in [0.29, 0.717) is 17.3 Å². The third kappa shape index (κ3) is 3.48. The number of nitrogens with zero attached hydrogens (tertiary/aromatic N) is 1. The quantitative estimate of drug-likeness (QED) is 0.874. The average molecular weight is 375 g/mol. The van der Waals surface area contributed by atoms with Crippen LogP contribution in [0.25, 0.3) is 0 Å². The van der Waals surface area contributed by atoms with Crippen molar-refractivity contribution in [2.75, 3.05) is 7.05 Å². The third-order valence-corrected chi connectivity index (χ3v) is 6.67. The Morgan fingerprint density at radius 2 is 2.05 bits per heavy atom. The Bertz CT molecular complexity index is 698. The highest BCUT2D eigenvalue weighted by molar-refractivity contribution is 9.10. The fraction of sp³-hybridized carbons (Fsp3) is 0.231. The van der Waals surface area contributed by atoms with Gasteiger partial charge in [0, 0.05) is 29.5 Å². The summed E-state index contributed by atoms with van der Waals surface area (Å²) in [5, 5.41) is 0. The molecule has 0 aliphatic heterocycles. The maximum absolute atomic E-state index is 12.4. The van der Waals surface area contributed by atoms with Gasteiger partial charge in [-0.3, -0.25) is 0 Å². The van der Waals surface area contributed by atoms with E-state index in [1.807, 2.05) is 24.3 Å². The zero-order chi connectivity index (χ0) is 14.8. The fourth-order valence-corrected chi connectivity index (χ4v) is 4.79. The van der Waals surface area contributed by atoms with Gasteiger partial charge in [0.25, 0.3) is 10.0 Å². The van der Waals surface area contributed by atoms with Crippen LogP contribution in [0.3, 0.4) is 0 Å². The molecule has 1 aromatic heterocycles. The summed E-state index contributed by atoms with van der Waals surface area (Å²) in [4.78, 5) is 0.861. The topological polar surface area (TPSA) is 63.4 Å². The molecule has 0 saturated heterocycles. The first-order valence-electron chi connectivity index (χ1n) is 5.93. The summed E-state index contributed by atoms with van der Waals surface area (Å²) in [6.45, 7) is 0.688. The number of rotatable bonds is 5. The highest BCUT2D eigenvalue weighted by Crippen LogP contribution is 2.25. The molecule has 0 saturated carbocycles. The van der Waals surface area contributed by atoms with Crippen LogP contribution in [0, 0.1) is 0 Å². The molecule has 2 rings (SSSR count). The van der Waals surface area contributed by atoms with Gasteiger partial charge in [-0.1, -0.05) is 28.1 Å². The normalized spacial score (nSPS) is 12.0. The molecule has 20 heavy (non-hydrogen) atoms. The molecule has 1 heterocycles. The van der Waals surface area contributed by atoms with Crippen LogP contribution in [0.4, 0.5) is 0 Å². The largest absolute Gasteiger partial charge is 0.326 e. The molecule has 0 atom stereocenters. The van der Waals surface area contributed by atoms with Crippen molar-refractivity contribution in [1.82, 2.24) is 4.31 Å². The van der Waals surface area contributed by atoms with Crippen molar-refractivity contribution < 1.29 is 8.42 Å². The maximum atomic E-state index is 12.4. The van der Waals surface area contributed by atoms with Crippen LogP contribution >= 0.6 is 27.3 Å². The first-order chi connectivity index (χ1) is 9.43. The Labute approximate surface area is 131 Å². The van der Waals surface area contributed by atoms with E-state index in [9.17, 15) is 8.42 Å². The van der Waals surface area contributed by atoms with Crippen LogP contribution in [-0.2, 0) is 23.1 Å². The van der Waals surface area contributed by atoms with Gasteiger partial charge in [-0.2, -0.15) is 4.31 Å². The minimum absolute atomic E-state index is 0.329. The van der Waals surface area contributed by atoms with Crippen LogP contribution in [0.1, 0.15) is 10.4 Å². The summed E-state index contributed by atoms with van der Waals surface area (Å²) in [5.41, 5.74) is 6.45. The Hall–Kier alpha value is -0.730. The molecule has 0 bridgehead atoms. The molecule has 0 unspecified atom stereocenters. The molecule has 108 valence electrons. The molecule has 0 amide bonds. The average Bonchev–Trinajstić information content (AvgIpc) is 2.88. The highest BCUT2D eigenvalue weighted by atomic mass is 79.9. The van der Waals surface area contributed by atoms with E-state index in [4.69, 9.17) is 5.73 Å². The molecule has 0 aliphatic carbocycles. The van der Waals surface area contributed by atoms with Gasteiger partial charge in [-0.15, -0.1) is 11.3 Å². The third-order valence-electron chi connectivity index (χ3n) is 2.80. The number of halogens is 1. The molecule has 0 aliphatic rings. The van der Waals surface area contributed by atoms with Crippen LogP contribution in [0.15, 0.2) is 45.1 Å². The van der Waals surface area contributed by atoms with Gasteiger partial charge in [-0.25, -0.2) is 8.42 Å².